The van der Waals surface area contributed by atoms with Gasteiger partial charge in [-0.2, -0.15) is 0 Å². The van der Waals surface area contributed by atoms with E-state index in [0.717, 1.165) is 18.9 Å². The Labute approximate surface area is 107 Å². The van der Waals surface area contributed by atoms with Gasteiger partial charge in [-0.15, -0.1) is 11.6 Å². The number of alkyl halides is 1. The van der Waals surface area contributed by atoms with Crippen molar-refractivity contribution in [3.05, 3.63) is 35.4 Å². The van der Waals surface area contributed by atoms with Crippen LogP contribution >= 0.6 is 11.6 Å². The Morgan fingerprint density at radius 2 is 1.88 bits per heavy atom. The number of hydrogen-bond donors (Lipinski definition) is 0. The molecule has 0 heterocycles. The molecule has 0 saturated carbocycles. The fraction of sp³-hybridized carbons (Fsp3) is 0.571. The number of halogens is 3. The van der Waals surface area contributed by atoms with Crippen LogP contribution in [0.2, 0.25) is 0 Å². The van der Waals surface area contributed by atoms with E-state index in [-0.39, 0.29) is 10.8 Å². The lowest BCUT2D eigenvalue weighted by Crippen LogP contribution is -2.20. The number of hydrogen-bond acceptors (Lipinski definition) is 0. The van der Waals surface area contributed by atoms with Gasteiger partial charge in [-0.1, -0.05) is 26.8 Å². The van der Waals surface area contributed by atoms with Crippen molar-refractivity contribution >= 4 is 11.6 Å². The Balaban J connectivity index is 2.46. The summed E-state index contributed by atoms with van der Waals surface area (Å²) in [6, 6.07) is 3.72. The van der Waals surface area contributed by atoms with E-state index < -0.39 is 11.6 Å². The van der Waals surface area contributed by atoms with Gasteiger partial charge in [-0.3, -0.25) is 0 Å². The predicted molar refractivity (Wildman–Crippen MR) is 68.4 cm³/mol. The molecular weight excluding hydrogens is 242 g/mol. The van der Waals surface area contributed by atoms with E-state index in [2.05, 4.69) is 20.8 Å². The van der Waals surface area contributed by atoms with E-state index in [1.807, 2.05) is 0 Å². The summed E-state index contributed by atoms with van der Waals surface area (Å²) >= 11 is 6.23. The zero-order valence-electron chi connectivity index (χ0n) is 10.6. The van der Waals surface area contributed by atoms with E-state index in [9.17, 15) is 8.78 Å². The molecule has 0 N–H and O–H groups in total. The van der Waals surface area contributed by atoms with Crippen LogP contribution in [-0.4, -0.2) is 5.38 Å². The van der Waals surface area contributed by atoms with Crippen LogP contribution in [0.5, 0.6) is 0 Å². The van der Waals surface area contributed by atoms with Crippen LogP contribution in [-0.2, 0) is 6.42 Å². The van der Waals surface area contributed by atoms with Crippen LogP contribution in [0.1, 0.15) is 39.2 Å². The highest BCUT2D eigenvalue weighted by atomic mass is 35.5. The third-order valence-electron chi connectivity index (χ3n) is 2.86. The third kappa shape index (κ3) is 4.63. The number of aryl methyl sites for hydroxylation is 1. The molecular formula is C14H19ClF2. The summed E-state index contributed by atoms with van der Waals surface area (Å²) < 4.78 is 26.0. The van der Waals surface area contributed by atoms with Crippen LogP contribution in [0.3, 0.4) is 0 Å². The van der Waals surface area contributed by atoms with Crippen LogP contribution in [0.25, 0.3) is 0 Å². The summed E-state index contributed by atoms with van der Waals surface area (Å²) in [6.45, 7) is 6.26. The van der Waals surface area contributed by atoms with Gasteiger partial charge < -0.3 is 0 Å². The molecule has 0 aliphatic rings. The summed E-state index contributed by atoms with van der Waals surface area (Å²) in [5.41, 5.74) is 0.618. The lowest BCUT2D eigenvalue weighted by Gasteiger charge is -2.24. The van der Waals surface area contributed by atoms with Gasteiger partial charge in [0.25, 0.3) is 0 Å². The van der Waals surface area contributed by atoms with Gasteiger partial charge in [0.1, 0.15) is 11.6 Å². The maximum absolute atomic E-state index is 13.3. The number of benzene rings is 1. The van der Waals surface area contributed by atoms with E-state index in [1.165, 1.54) is 12.1 Å². The Morgan fingerprint density at radius 3 is 2.41 bits per heavy atom. The van der Waals surface area contributed by atoms with Gasteiger partial charge in [-0.05, 0) is 36.3 Å². The average molecular weight is 261 g/mol. The van der Waals surface area contributed by atoms with Crippen LogP contribution < -0.4 is 0 Å². The molecule has 0 aromatic heterocycles. The van der Waals surface area contributed by atoms with Crippen LogP contribution in [0.4, 0.5) is 8.78 Å². The highest BCUT2D eigenvalue weighted by Crippen LogP contribution is 2.28. The number of rotatable bonds is 4. The molecule has 0 nitrogen and oxygen atoms in total. The molecule has 1 aromatic carbocycles. The molecule has 0 amide bonds. The van der Waals surface area contributed by atoms with Crippen molar-refractivity contribution in [2.45, 2.75) is 45.4 Å². The van der Waals surface area contributed by atoms with Crippen molar-refractivity contribution < 1.29 is 8.78 Å². The molecule has 0 radical (unpaired) electrons. The van der Waals surface area contributed by atoms with E-state index in [4.69, 9.17) is 11.6 Å². The first-order valence-electron chi connectivity index (χ1n) is 5.88. The normalized spacial score (nSPS) is 13.8. The standard InChI is InChI=1S/C14H19ClF2/c1-14(2,3)13(15)6-4-5-10-7-8-11(16)9-12(10)17/h7-9,13H,4-6H2,1-3H3. The summed E-state index contributed by atoms with van der Waals surface area (Å²) in [4.78, 5) is 0. The van der Waals surface area contributed by atoms with Gasteiger partial charge in [0.05, 0.1) is 0 Å². The summed E-state index contributed by atoms with van der Waals surface area (Å²) in [5, 5.41) is 0.0750. The highest BCUT2D eigenvalue weighted by Gasteiger charge is 2.21. The lowest BCUT2D eigenvalue weighted by molar-refractivity contribution is 0.368. The zero-order valence-corrected chi connectivity index (χ0v) is 11.3. The van der Waals surface area contributed by atoms with Gasteiger partial charge >= 0.3 is 0 Å². The van der Waals surface area contributed by atoms with Crippen LogP contribution in [0, 0.1) is 17.0 Å². The molecule has 1 atom stereocenters. The Hall–Kier alpha value is -0.630. The summed E-state index contributed by atoms with van der Waals surface area (Å²) in [6.07, 6.45) is 2.25. The van der Waals surface area contributed by atoms with Gasteiger partial charge in [0, 0.05) is 11.4 Å². The van der Waals surface area contributed by atoms with Crippen molar-refractivity contribution in [1.29, 1.82) is 0 Å². The molecule has 3 heteroatoms. The van der Waals surface area contributed by atoms with Crippen molar-refractivity contribution in [3.63, 3.8) is 0 Å². The fourth-order valence-corrected chi connectivity index (χ4v) is 1.78. The Morgan fingerprint density at radius 1 is 1.24 bits per heavy atom. The van der Waals surface area contributed by atoms with Crippen molar-refractivity contribution in [2.75, 3.05) is 0 Å². The van der Waals surface area contributed by atoms with Gasteiger partial charge in [0.15, 0.2) is 0 Å². The molecule has 0 fully saturated rings. The van der Waals surface area contributed by atoms with Gasteiger partial charge in [-0.25, -0.2) is 8.78 Å². The Kier molecular flexibility index (Phi) is 4.93. The van der Waals surface area contributed by atoms with Crippen molar-refractivity contribution in [2.24, 2.45) is 5.41 Å². The quantitative estimate of drug-likeness (QED) is 0.673. The maximum Gasteiger partial charge on any atom is 0.129 e. The smallest absolute Gasteiger partial charge is 0.129 e. The largest absolute Gasteiger partial charge is 0.207 e. The molecule has 0 spiro atoms. The minimum Gasteiger partial charge on any atom is -0.207 e. The fourth-order valence-electron chi connectivity index (χ4n) is 1.63. The first kappa shape index (κ1) is 14.4. The summed E-state index contributed by atoms with van der Waals surface area (Å²) in [5.74, 6) is -0.997. The summed E-state index contributed by atoms with van der Waals surface area (Å²) in [7, 11) is 0. The lowest BCUT2D eigenvalue weighted by atomic mass is 9.88. The first-order valence-corrected chi connectivity index (χ1v) is 6.32. The Bertz CT molecular complexity index is 369. The maximum atomic E-state index is 13.3. The van der Waals surface area contributed by atoms with E-state index in [0.29, 0.717) is 12.0 Å². The molecule has 96 valence electrons. The monoisotopic (exact) mass is 260 g/mol. The van der Waals surface area contributed by atoms with E-state index >= 15 is 0 Å². The molecule has 0 aliphatic carbocycles. The molecule has 17 heavy (non-hydrogen) atoms. The molecule has 0 saturated heterocycles. The second-order valence-corrected chi connectivity index (χ2v) is 5.99. The minimum absolute atomic E-state index is 0.0584. The topological polar surface area (TPSA) is 0 Å². The van der Waals surface area contributed by atoms with Crippen molar-refractivity contribution in [1.82, 2.24) is 0 Å². The second-order valence-electron chi connectivity index (χ2n) is 5.46. The molecule has 0 aliphatic heterocycles. The first-order chi connectivity index (χ1) is 7.80. The van der Waals surface area contributed by atoms with Crippen LogP contribution in [0.15, 0.2) is 18.2 Å². The molecule has 0 bridgehead atoms. The molecule has 1 unspecified atom stereocenters. The third-order valence-corrected chi connectivity index (χ3v) is 3.73. The minimum atomic E-state index is -0.531. The highest BCUT2D eigenvalue weighted by molar-refractivity contribution is 6.21. The van der Waals surface area contributed by atoms with Crippen molar-refractivity contribution in [3.8, 4) is 0 Å². The zero-order chi connectivity index (χ0) is 13.1. The van der Waals surface area contributed by atoms with Gasteiger partial charge in [0.2, 0.25) is 0 Å². The molecule has 1 aromatic rings. The average Bonchev–Trinajstić information content (AvgIpc) is 2.19. The predicted octanol–water partition coefficient (Wildman–Crippen LogP) is 4.94. The molecule has 1 rings (SSSR count). The SMILES string of the molecule is CC(C)(C)C(Cl)CCCc1ccc(F)cc1F. The van der Waals surface area contributed by atoms with E-state index in [1.54, 1.807) is 0 Å². The second kappa shape index (κ2) is 5.81.